The molecule has 2 aliphatic rings. The minimum Gasteiger partial charge on any atom is -0.0696 e. The maximum absolute atomic E-state index is 2.37. The van der Waals surface area contributed by atoms with Crippen LogP contribution in [0.15, 0.2) is 153 Å². The molecular formula is C46H64. The zero-order valence-corrected chi connectivity index (χ0v) is 31.5. The highest BCUT2D eigenvalue weighted by molar-refractivity contribution is 5.39. The molecule has 0 atom stereocenters. The van der Waals surface area contributed by atoms with Gasteiger partial charge in [-0.15, -0.1) is 0 Å². The monoisotopic (exact) mass is 617 g/mol. The van der Waals surface area contributed by atoms with Gasteiger partial charge in [0.1, 0.15) is 0 Å². The fourth-order valence-electron chi connectivity index (χ4n) is 6.33. The van der Waals surface area contributed by atoms with Crippen LogP contribution < -0.4 is 0 Å². The lowest BCUT2D eigenvalue weighted by Crippen LogP contribution is -2.19. The van der Waals surface area contributed by atoms with Gasteiger partial charge in [-0.2, -0.15) is 0 Å². The molecule has 0 nitrogen and oxygen atoms in total. The average molecular weight is 617 g/mol. The second kappa shape index (κ2) is 18.7. The molecule has 46 heavy (non-hydrogen) atoms. The summed E-state index contributed by atoms with van der Waals surface area (Å²) in [5, 5.41) is 0. The van der Waals surface area contributed by atoms with E-state index in [1.54, 1.807) is 11.1 Å². The Hall–Kier alpha value is -3.38. The molecular weight excluding hydrogens is 553 g/mol. The van der Waals surface area contributed by atoms with Crippen LogP contribution in [-0.4, -0.2) is 0 Å². The van der Waals surface area contributed by atoms with Crippen molar-refractivity contribution in [2.45, 2.75) is 122 Å². The Bertz CT molecular complexity index is 1350. The van der Waals surface area contributed by atoms with E-state index in [2.05, 4.69) is 180 Å². The highest BCUT2D eigenvalue weighted by atomic mass is 14.3. The molecule has 0 amide bonds. The van der Waals surface area contributed by atoms with Crippen LogP contribution in [-0.2, 0) is 0 Å². The number of rotatable bonds is 12. The van der Waals surface area contributed by atoms with Crippen LogP contribution in [0.2, 0.25) is 0 Å². The van der Waals surface area contributed by atoms with Crippen LogP contribution in [0, 0.1) is 10.8 Å². The summed E-state index contributed by atoms with van der Waals surface area (Å²) in [6, 6.07) is 0. The summed E-state index contributed by atoms with van der Waals surface area (Å²) >= 11 is 0. The largest absolute Gasteiger partial charge is 0.0696 e. The zero-order valence-electron chi connectivity index (χ0n) is 31.5. The van der Waals surface area contributed by atoms with Gasteiger partial charge in [-0.05, 0) is 127 Å². The van der Waals surface area contributed by atoms with E-state index in [9.17, 15) is 0 Å². The van der Waals surface area contributed by atoms with Gasteiger partial charge in [0.15, 0.2) is 0 Å². The first-order chi connectivity index (χ1) is 21.6. The fourth-order valence-corrected chi connectivity index (χ4v) is 6.33. The predicted octanol–water partition coefficient (Wildman–Crippen LogP) is 14.5. The van der Waals surface area contributed by atoms with Gasteiger partial charge in [0.25, 0.3) is 0 Å². The lowest BCUT2D eigenvalue weighted by molar-refractivity contribution is 0.376. The topological polar surface area (TPSA) is 0 Å². The minimum atomic E-state index is 0.285. The average Bonchev–Trinajstić information content (AvgIpc) is 2.95. The van der Waals surface area contributed by atoms with Gasteiger partial charge in [-0.1, -0.05) is 158 Å². The van der Waals surface area contributed by atoms with Crippen molar-refractivity contribution in [2.75, 3.05) is 0 Å². The van der Waals surface area contributed by atoms with Crippen LogP contribution in [0.5, 0.6) is 0 Å². The van der Waals surface area contributed by atoms with Gasteiger partial charge in [0.05, 0.1) is 0 Å². The lowest BCUT2D eigenvalue weighted by atomic mass is 9.72. The first kappa shape index (κ1) is 38.8. The molecule has 0 aromatic rings. The van der Waals surface area contributed by atoms with Crippen molar-refractivity contribution >= 4 is 0 Å². The molecule has 0 unspecified atom stereocenters. The zero-order chi connectivity index (χ0) is 34.3. The van der Waals surface area contributed by atoms with Gasteiger partial charge < -0.3 is 0 Å². The summed E-state index contributed by atoms with van der Waals surface area (Å²) in [5.41, 5.74) is 14.2. The van der Waals surface area contributed by atoms with Crippen molar-refractivity contribution in [2.24, 2.45) is 10.8 Å². The molecule has 0 spiro atoms. The van der Waals surface area contributed by atoms with Gasteiger partial charge in [-0.25, -0.2) is 0 Å². The van der Waals surface area contributed by atoms with E-state index in [0.29, 0.717) is 0 Å². The molecule has 0 heteroatoms. The summed E-state index contributed by atoms with van der Waals surface area (Å²) in [4.78, 5) is 0. The van der Waals surface area contributed by atoms with Crippen molar-refractivity contribution in [3.8, 4) is 0 Å². The molecule has 0 aromatic heterocycles. The van der Waals surface area contributed by atoms with Crippen LogP contribution in [0.25, 0.3) is 0 Å². The maximum Gasteiger partial charge on any atom is -0.0104 e. The third-order valence-electron chi connectivity index (χ3n) is 9.58. The number of allylic oxidation sites excluding steroid dienone is 26. The Morgan fingerprint density at radius 1 is 0.457 bits per heavy atom. The maximum atomic E-state index is 2.37. The summed E-state index contributed by atoms with van der Waals surface area (Å²) in [6.45, 7) is 27.1. The van der Waals surface area contributed by atoms with Crippen molar-refractivity contribution in [1.82, 2.24) is 0 Å². The smallest absolute Gasteiger partial charge is 0.0104 e. The van der Waals surface area contributed by atoms with Crippen molar-refractivity contribution < 1.29 is 0 Å². The van der Waals surface area contributed by atoms with Gasteiger partial charge >= 0.3 is 0 Å². The summed E-state index contributed by atoms with van der Waals surface area (Å²) in [7, 11) is 0. The second-order valence-electron chi connectivity index (χ2n) is 15.0. The highest BCUT2D eigenvalue weighted by Crippen LogP contribution is 2.41. The molecule has 0 heterocycles. The summed E-state index contributed by atoms with van der Waals surface area (Å²) < 4.78 is 0. The van der Waals surface area contributed by atoms with Crippen molar-refractivity contribution in [3.05, 3.63) is 153 Å². The molecule has 0 radical (unpaired) electrons. The van der Waals surface area contributed by atoms with E-state index in [4.69, 9.17) is 0 Å². The van der Waals surface area contributed by atoms with E-state index < -0.39 is 0 Å². The van der Waals surface area contributed by atoms with E-state index >= 15 is 0 Å². The number of hydrogen-bond donors (Lipinski definition) is 0. The first-order valence-corrected chi connectivity index (χ1v) is 17.5. The van der Waals surface area contributed by atoms with E-state index in [1.165, 1.54) is 83.1 Å². The Balaban J connectivity index is 1.91. The minimum absolute atomic E-state index is 0.285. The Morgan fingerprint density at radius 3 is 1.09 bits per heavy atom. The molecule has 2 rings (SSSR count). The molecule has 0 bridgehead atoms. The van der Waals surface area contributed by atoms with Crippen LogP contribution in [0.3, 0.4) is 0 Å². The number of hydrogen-bond acceptors (Lipinski definition) is 0. The fraction of sp³-hybridized carbons (Fsp3) is 0.435. The Kier molecular flexibility index (Phi) is 15.8. The van der Waals surface area contributed by atoms with E-state index in [1.807, 2.05) is 0 Å². The van der Waals surface area contributed by atoms with Gasteiger partial charge in [0.2, 0.25) is 0 Å². The highest BCUT2D eigenvalue weighted by Gasteiger charge is 2.27. The SMILES string of the molecule is CC1=C(/C=C/C(C)=C/C=C/C(C)=C/C=C/C(C)=C(C)/C=C/C=C(C)/C=C/C=C(C)/C=C/C2=C(C)CCCC2(C)C)C(C)(C)CCC1. The lowest BCUT2D eigenvalue weighted by Gasteiger charge is -2.33. The molecule has 0 fully saturated rings. The van der Waals surface area contributed by atoms with Gasteiger partial charge in [0, 0.05) is 0 Å². The van der Waals surface area contributed by atoms with Crippen molar-refractivity contribution in [3.63, 3.8) is 0 Å². The van der Waals surface area contributed by atoms with Crippen LogP contribution >= 0.6 is 0 Å². The molecule has 0 aliphatic heterocycles. The predicted molar refractivity (Wildman–Crippen MR) is 209 cm³/mol. The van der Waals surface area contributed by atoms with Gasteiger partial charge in [-0.3, -0.25) is 0 Å². The second-order valence-corrected chi connectivity index (χ2v) is 15.0. The van der Waals surface area contributed by atoms with E-state index in [0.717, 1.165) is 0 Å². The summed E-state index contributed by atoms with van der Waals surface area (Å²) in [5.74, 6) is 0. The molecule has 0 N–H and O–H groups in total. The van der Waals surface area contributed by atoms with Crippen LogP contribution in [0.4, 0.5) is 0 Å². The molecule has 248 valence electrons. The molecule has 0 saturated carbocycles. The third kappa shape index (κ3) is 13.5. The standard InChI is InChI=1S/C46H64/c1-35(19-13-21-37(3)29-31-43-41(7)27-17-33-45(43,9)10)23-15-25-39(5)40(6)26-16-24-36(2)20-14-22-38(4)30-32-44-42(8)28-18-34-46(44,11)12/h13-16,19-26,29-32H,17-18,27-28,33-34H2,1-12H3/b19-13+,20-14+,25-15+,26-16+,31-29+,32-30+,35-23+,36-24+,37-21+,38-22+,40-39+. The molecule has 0 aromatic carbocycles. The Labute approximate surface area is 284 Å². The van der Waals surface area contributed by atoms with Crippen molar-refractivity contribution in [1.29, 1.82) is 0 Å². The van der Waals surface area contributed by atoms with Crippen LogP contribution in [0.1, 0.15) is 122 Å². The first-order valence-electron chi connectivity index (χ1n) is 17.5. The summed E-state index contributed by atoms with van der Waals surface area (Å²) in [6.07, 6.45) is 42.9. The Morgan fingerprint density at radius 2 is 0.761 bits per heavy atom. The third-order valence-corrected chi connectivity index (χ3v) is 9.58. The van der Waals surface area contributed by atoms with E-state index in [-0.39, 0.29) is 10.8 Å². The normalized spacial score (nSPS) is 21.5. The molecule has 2 aliphatic carbocycles. The molecule has 0 saturated heterocycles. The quantitative estimate of drug-likeness (QED) is 0.191.